The summed E-state index contributed by atoms with van der Waals surface area (Å²) in [5, 5.41) is 3.52. The molecule has 1 amide bonds. The van der Waals surface area contributed by atoms with Gasteiger partial charge in [0, 0.05) is 13.1 Å². The third-order valence-corrected chi connectivity index (χ3v) is 4.78. The first-order chi connectivity index (χ1) is 9.13. The van der Waals surface area contributed by atoms with Crippen molar-refractivity contribution in [2.24, 2.45) is 0 Å². The van der Waals surface area contributed by atoms with Crippen LogP contribution in [-0.2, 0) is 4.79 Å². The van der Waals surface area contributed by atoms with Gasteiger partial charge in [0.1, 0.15) is 5.37 Å². The minimum Gasteiger partial charge on any atom is -0.324 e. The van der Waals surface area contributed by atoms with Gasteiger partial charge in [-0.3, -0.25) is 4.79 Å². The zero-order chi connectivity index (χ0) is 13.8. The summed E-state index contributed by atoms with van der Waals surface area (Å²) in [6, 6.07) is 8.51. The Labute approximate surface area is 119 Å². The van der Waals surface area contributed by atoms with Crippen molar-refractivity contribution in [3.8, 4) is 0 Å². The highest BCUT2D eigenvalue weighted by molar-refractivity contribution is 8.01. The largest absolute Gasteiger partial charge is 0.324 e. The molecule has 1 heterocycles. The Kier molecular flexibility index (Phi) is 4.88. The molecule has 0 aromatic heterocycles. The second kappa shape index (κ2) is 6.44. The summed E-state index contributed by atoms with van der Waals surface area (Å²) in [4.78, 5) is 14.2. The number of nitrogens with zero attached hydrogens (tertiary/aromatic N) is 1. The molecule has 19 heavy (non-hydrogen) atoms. The average Bonchev–Trinajstić information content (AvgIpc) is 2.68. The Balaban J connectivity index is 2.12. The smallest absolute Gasteiger partial charge is 0.236 e. The molecule has 1 aromatic carbocycles. The number of rotatable bonds is 5. The normalized spacial score (nSPS) is 23.1. The summed E-state index contributed by atoms with van der Waals surface area (Å²) in [6.45, 7) is 8.75. The lowest BCUT2D eigenvalue weighted by Crippen LogP contribution is -2.36. The Morgan fingerprint density at radius 1 is 1.32 bits per heavy atom. The van der Waals surface area contributed by atoms with Gasteiger partial charge in [-0.2, -0.15) is 0 Å². The summed E-state index contributed by atoms with van der Waals surface area (Å²) in [5.74, 6) is 0.258. The first-order valence-electron chi connectivity index (χ1n) is 6.86. The van der Waals surface area contributed by atoms with Crippen LogP contribution in [0.4, 0.5) is 0 Å². The van der Waals surface area contributed by atoms with E-state index >= 15 is 0 Å². The molecule has 0 bridgehead atoms. The van der Waals surface area contributed by atoms with Gasteiger partial charge < -0.3 is 10.2 Å². The van der Waals surface area contributed by atoms with Crippen molar-refractivity contribution in [2.45, 2.75) is 31.4 Å². The first-order valence-corrected chi connectivity index (χ1v) is 7.81. The van der Waals surface area contributed by atoms with Crippen LogP contribution in [0.1, 0.15) is 30.3 Å². The molecule has 104 valence electrons. The number of likely N-dealkylation sites (N-methyl/N-ethyl adjacent to an activating group) is 1. The van der Waals surface area contributed by atoms with Gasteiger partial charge in [-0.05, 0) is 26.0 Å². The summed E-state index contributed by atoms with van der Waals surface area (Å²) < 4.78 is 0. The highest BCUT2D eigenvalue weighted by Gasteiger charge is 2.37. The van der Waals surface area contributed by atoms with E-state index in [4.69, 9.17) is 0 Å². The molecule has 0 radical (unpaired) electrons. The number of benzene rings is 1. The van der Waals surface area contributed by atoms with E-state index in [9.17, 15) is 4.79 Å². The van der Waals surface area contributed by atoms with E-state index < -0.39 is 0 Å². The lowest BCUT2D eigenvalue weighted by atomic mass is 10.1. The molecule has 2 rings (SSSR count). The predicted molar refractivity (Wildman–Crippen MR) is 81.2 cm³/mol. The molecule has 0 aliphatic carbocycles. The molecule has 3 nitrogen and oxygen atoms in total. The fourth-order valence-electron chi connectivity index (χ4n) is 2.27. The molecular weight excluding hydrogens is 256 g/mol. The van der Waals surface area contributed by atoms with Crippen molar-refractivity contribution in [1.82, 2.24) is 10.2 Å². The molecule has 1 N–H and O–H groups in total. The number of carbonyl (C=O) groups excluding carboxylic acids is 1. The second-order valence-electron chi connectivity index (χ2n) is 4.93. The molecule has 0 spiro atoms. The third-order valence-electron chi connectivity index (χ3n) is 3.39. The Morgan fingerprint density at radius 2 is 2.00 bits per heavy atom. The number of hydrogen-bond acceptors (Lipinski definition) is 3. The van der Waals surface area contributed by atoms with E-state index in [0.717, 1.165) is 19.6 Å². The summed E-state index contributed by atoms with van der Waals surface area (Å²) in [7, 11) is 0. The van der Waals surface area contributed by atoms with E-state index in [1.54, 1.807) is 11.8 Å². The molecule has 0 saturated carbocycles. The number of aryl methyl sites for hydroxylation is 1. The number of thioether (sulfide) groups is 1. The van der Waals surface area contributed by atoms with E-state index in [0.29, 0.717) is 0 Å². The van der Waals surface area contributed by atoms with Crippen LogP contribution in [0.15, 0.2) is 24.3 Å². The number of nitrogens with one attached hydrogen (secondary N) is 1. The maximum absolute atomic E-state index is 12.2. The van der Waals surface area contributed by atoms with E-state index in [2.05, 4.69) is 43.4 Å². The fourth-order valence-corrected chi connectivity index (χ4v) is 3.58. The second-order valence-corrected chi connectivity index (χ2v) is 6.35. The topological polar surface area (TPSA) is 32.3 Å². The van der Waals surface area contributed by atoms with Crippen LogP contribution >= 0.6 is 11.8 Å². The maximum Gasteiger partial charge on any atom is 0.236 e. The Hall–Kier alpha value is -1.00. The van der Waals surface area contributed by atoms with Crippen LogP contribution in [0.2, 0.25) is 0 Å². The van der Waals surface area contributed by atoms with Crippen molar-refractivity contribution >= 4 is 17.7 Å². The summed E-state index contributed by atoms with van der Waals surface area (Å²) in [5.41, 5.74) is 2.48. The van der Waals surface area contributed by atoms with Gasteiger partial charge in [-0.15, -0.1) is 11.8 Å². The zero-order valence-electron chi connectivity index (χ0n) is 11.8. The van der Waals surface area contributed by atoms with Crippen LogP contribution in [0.5, 0.6) is 0 Å². The van der Waals surface area contributed by atoms with E-state index in [-0.39, 0.29) is 16.5 Å². The molecule has 1 aliphatic heterocycles. The monoisotopic (exact) mass is 278 g/mol. The quantitative estimate of drug-likeness (QED) is 0.840. The average molecular weight is 278 g/mol. The van der Waals surface area contributed by atoms with Gasteiger partial charge >= 0.3 is 0 Å². The van der Waals surface area contributed by atoms with Crippen molar-refractivity contribution in [3.05, 3.63) is 35.4 Å². The molecule has 1 aromatic rings. The van der Waals surface area contributed by atoms with Crippen LogP contribution in [0.3, 0.4) is 0 Å². The fraction of sp³-hybridized carbons (Fsp3) is 0.533. The van der Waals surface area contributed by atoms with Gasteiger partial charge in [0.2, 0.25) is 5.91 Å². The highest BCUT2D eigenvalue weighted by atomic mass is 32.2. The Bertz CT molecular complexity index is 432. The highest BCUT2D eigenvalue weighted by Crippen LogP contribution is 2.42. The van der Waals surface area contributed by atoms with Crippen LogP contribution < -0.4 is 5.32 Å². The number of hydrogen-bond donors (Lipinski definition) is 1. The van der Waals surface area contributed by atoms with Gasteiger partial charge in [0.25, 0.3) is 0 Å². The number of carbonyl (C=O) groups is 1. The van der Waals surface area contributed by atoms with E-state index in [1.807, 2.05) is 11.8 Å². The maximum atomic E-state index is 12.2. The molecule has 1 saturated heterocycles. The van der Waals surface area contributed by atoms with Gasteiger partial charge in [-0.25, -0.2) is 0 Å². The number of amides is 1. The third kappa shape index (κ3) is 3.31. The molecule has 1 aliphatic rings. The van der Waals surface area contributed by atoms with E-state index in [1.165, 1.54) is 11.1 Å². The molecular formula is C15H22N2OS. The molecule has 2 unspecified atom stereocenters. The Morgan fingerprint density at radius 3 is 2.63 bits per heavy atom. The van der Waals surface area contributed by atoms with Crippen LogP contribution in [0, 0.1) is 6.92 Å². The molecule has 1 fully saturated rings. The van der Waals surface area contributed by atoms with Gasteiger partial charge in [0.05, 0.1) is 5.25 Å². The molecule has 4 heteroatoms. The summed E-state index contributed by atoms with van der Waals surface area (Å²) in [6.07, 6.45) is 0. The van der Waals surface area contributed by atoms with Crippen LogP contribution in [0.25, 0.3) is 0 Å². The zero-order valence-corrected chi connectivity index (χ0v) is 12.7. The predicted octanol–water partition coefficient (Wildman–Crippen LogP) is 2.57. The van der Waals surface area contributed by atoms with Gasteiger partial charge in [-0.1, -0.05) is 36.8 Å². The lowest BCUT2D eigenvalue weighted by molar-refractivity contribution is -0.129. The summed E-state index contributed by atoms with van der Waals surface area (Å²) >= 11 is 1.75. The minimum absolute atomic E-state index is 0.0629. The van der Waals surface area contributed by atoms with Gasteiger partial charge in [0.15, 0.2) is 0 Å². The minimum atomic E-state index is 0.0629. The van der Waals surface area contributed by atoms with Crippen molar-refractivity contribution in [1.29, 1.82) is 0 Å². The van der Waals surface area contributed by atoms with Crippen molar-refractivity contribution < 1.29 is 4.79 Å². The molecule has 2 atom stereocenters. The first kappa shape index (κ1) is 14.4. The van der Waals surface area contributed by atoms with Crippen molar-refractivity contribution in [2.75, 3.05) is 19.6 Å². The van der Waals surface area contributed by atoms with Crippen LogP contribution in [-0.4, -0.2) is 35.7 Å². The lowest BCUT2D eigenvalue weighted by Gasteiger charge is -2.24. The van der Waals surface area contributed by atoms with Crippen molar-refractivity contribution in [3.63, 3.8) is 0 Å². The standard InChI is InChI=1S/C15H22N2OS/c1-4-16-9-10-17-14(18)12(3)19-15(17)13-7-5-11(2)6-8-13/h5-8,12,15-16H,4,9-10H2,1-3H3. The SMILES string of the molecule is CCNCCN1C(=O)C(C)SC1c1ccc(C)cc1.